The molecule has 0 aliphatic carbocycles. The molecule has 29 heavy (non-hydrogen) atoms. The lowest BCUT2D eigenvalue weighted by Crippen LogP contribution is -2.26. The number of nitrogens with one attached hydrogen (secondary N) is 1. The number of aryl methyl sites for hydroxylation is 3. The third-order valence-corrected chi connectivity index (χ3v) is 5.65. The Kier molecular flexibility index (Phi) is 5.39. The van der Waals surface area contributed by atoms with E-state index in [1.165, 1.54) is 0 Å². The number of aromatic nitrogens is 5. The van der Waals surface area contributed by atoms with Gasteiger partial charge in [-0.15, -0.1) is 11.3 Å². The van der Waals surface area contributed by atoms with Gasteiger partial charge in [0.05, 0.1) is 17.6 Å². The molecule has 1 N–H and O–H groups in total. The standard InChI is InChI=1S/C20H23N7OS/c1-13-12-29-20(22-13)25-18-8-17(23-14(2)24-18)16-6-7-27(11-16)19(28)5-4-15-9-21-26(3)10-15/h4-5,8-10,12,16H,6-7,11H2,1-3H3,(H,22,23,24,25). The van der Waals surface area contributed by atoms with Crippen molar-refractivity contribution in [3.05, 3.63) is 52.7 Å². The van der Waals surface area contributed by atoms with Crippen LogP contribution < -0.4 is 5.32 Å². The molecule has 0 spiro atoms. The molecule has 8 nitrogen and oxygen atoms in total. The Bertz CT molecular complexity index is 1050. The largest absolute Gasteiger partial charge is 0.338 e. The number of nitrogens with zero attached hydrogens (tertiary/aromatic N) is 6. The molecule has 1 unspecified atom stereocenters. The molecular weight excluding hydrogens is 386 g/mol. The van der Waals surface area contributed by atoms with Gasteiger partial charge in [0.2, 0.25) is 5.91 Å². The molecule has 0 aromatic carbocycles. The first kappa shape index (κ1) is 19.3. The van der Waals surface area contributed by atoms with Gasteiger partial charge in [0.25, 0.3) is 0 Å². The molecule has 150 valence electrons. The van der Waals surface area contributed by atoms with Crippen LogP contribution in [-0.4, -0.2) is 48.6 Å². The maximum atomic E-state index is 12.5. The zero-order valence-corrected chi connectivity index (χ0v) is 17.5. The first-order chi connectivity index (χ1) is 14.0. The first-order valence-electron chi connectivity index (χ1n) is 9.46. The van der Waals surface area contributed by atoms with Crippen molar-refractivity contribution in [3.63, 3.8) is 0 Å². The molecule has 0 saturated carbocycles. The minimum absolute atomic E-state index is 0.0127. The monoisotopic (exact) mass is 409 g/mol. The molecule has 1 fully saturated rings. The Morgan fingerprint density at radius 1 is 1.31 bits per heavy atom. The predicted octanol–water partition coefficient (Wildman–Crippen LogP) is 3.06. The SMILES string of the molecule is Cc1csc(Nc2cc(C3CCN(C(=O)C=Cc4cnn(C)c4)C3)nc(C)n2)n1. The second-order valence-electron chi connectivity index (χ2n) is 7.19. The number of carbonyl (C=O) groups excluding carboxylic acids is 1. The van der Waals surface area contributed by atoms with Gasteiger partial charge >= 0.3 is 0 Å². The van der Waals surface area contributed by atoms with Gasteiger partial charge in [-0.05, 0) is 26.3 Å². The van der Waals surface area contributed by atoms with Crippen LogP contribution in [0.3, 0.4) is 0 Å². The Hall–Kier alpha value is -3.07. The Morgan fingerprint density at radius 2 is 2.17 bits per heavy atom. The van der Waals surface area contributed by atoms with Crippen molar-refractivity contribution in [1.29, 1.82) is 0 Å². The normalized spacial score (nSPS) is 16.7. The minimum atomic E-state index is 0.0127. The molecule has 3 aromatic rings. The average molecular weight is 410 g/mol. The van der Waals surface area contributed by atoms with Gasteiger partial charge < -0.3 is 10.2 Å². The highest BCUT2D eigenvalue weighted by atomic mass is 32.1. The second kappa shape index (κ2) is 8.12. The molecule has 3 aromatic heterocycles. The molecular formula is C20H23N7OS. The van der Waals surface area contributed by atoms with Gasteiger partial charge in [-0.1, -0.05) is 0 Å². The van der Waals surface area contributed by atoms with E-state index in [9.17, 15) is 4.79 Å². The molecule has 4 heterocycles. The highest BCUT2D eigenvalue weighted by Crippen LogP contribution is 2.28. The van der Waals surface area contributed by atoms with Gasteiger partial charge in [0, 0.05) is 55.3 Å². The van der Waals surface area contributed by atoms with Crippen molar-refractivity contribution in [3.8, 4) is 0 Å². The summed E-state index contributed by atoms with van der Waals surface area (Å²) in [6.45, 7) is 5.22. The van der Waals surface area contributed by atoms with E-state index in [2.05, 4.69) is 25.4 Å². The molecule has 0 bridgehead atoms. The van der Waals surface area contributed by atoms with E-state index in [0.29, 0.717) is 12.4 Å². The summed E-state index contributed by atoms with van der Waals surface area (Å²) in [5, 5.41) is 10.2. The number of amides is 1. The van der Waals surface area contributed by atoms with Crippen LogP contribution in [-0.2, 0) is 11.8 Å². The maximum absolute atomic E-state index is 12.5. The summed E-state index contributed by atoms with van der Waals surface area (Å²) in [4.78, 5) is 27.9. The lowest BCUT2D eigenvalue weighted by Gasteiger charge is -2.15. The van der Waals surface area contributed by atoms with Crippen LogP contribution in [0.5, 0.6) is 0 Å². The van der Waals surface area contributed by atoms with Crippen molar-refractivity contribution in [2.45, 2.75) is 26.2 Å². The molecule has 1 aliphatic heterocycles. The summed E-state index contributed by atoms with van der Waals surface area (Å²) in [6.07, 6.45) is 7.91. The lowest BCUT2D eigenvalue weighted by atomic mass is 10.0. The minimum Gasteiger partial charge on any atom is -0.338 e. The Balaban J connectivity index is 1.43. The van der Waals surface area contributed by atoms with Crippen molar-refractivity contribution < 1.29 is 4.79 Å². The molecule has 1 aliphatic rings. The van der Waals surface area contributed by atoms with Crippen LogP contribution in [0.1, 0.15) is 35.1 Å². The quantitative estimate of drug-likeness (QED) is 0.652. The fourth-order valence-corrected chi connectivity index (χ4v) is 4.08. The lowest BCUT2D eigenvalue weighted by molar-refractivity contribution is -0.124. The zero-order chi connectivity index (χ0) is 20.4. The van der Waals surface area contributed by atoms with Crippen LogP contribution in [0, 0.1) is 13.8 Å². The number of hydrogen-bond acceptors (Lipinski definition) is 7. The van der Waals surface area contributed by atoms with Crippen LogP contribution >= 0.6 is 11.3 Å². The summed E-state index contributed by atoms with van der Waals surface area (Å²) in [5.74, 6) is 1.66. The van der Waals surface area contributed by atoms with Gasteiger partial charge in [-0.2, -0.15) is 5.10 Å². The Labute approximate surface area is 173 Å². The van der Waals surface area contributed by atoms with Crippen LogP contribution in [0.4, 0.5) is 10.9 Å². The van der Waals surface area contributed by atoms with Crippen molar-refractivity contribution in [1.82, 2.24) is 29.6 Å². The number of rotatable bonds is 5. The van der Waals surface area contributed by atoms with Crippen molar-refractivity contribution in [2.24, 2.45) is 7.05 Å². The van der Waals surface area contributed by atoms with E-state index in [4.69, 9.17) is 0 Å². The van der Waals surface area contributed by atoms with Crippen LogP contribution in [0.15, 0.2) is 29.9 Å². The third-order valence-electron chi connectivity index (χ3n) is 4.77. The highest BCUT2D eigenvalue weighted by Gasteiger charge is 2.27. The van der Waals surface area contributed by atoms with E-state index in [1.807, 2.05) is 43.4 Å². The summed E-state index contributed by atoms with van der Waals surface area (Å²) in [7, 11) is 1.85. The smallest absolute Gasteiger partial charge is 0.246 e. The summed E-state index contributed by atoms with van der Waals surface area (Å²) >= 11 is 1.55. The van der Waals surface area contributed by atoms with Gasteiger partial charge in [0.15, 0.2) is 5.13 Å². The fraction of sp³-hybridized carbons (Fsp3) is 0.350. The predicted molar refractivity (Wildman–Crippen MR) is 113 cm³/mol. The number of thiazole rings is 1. The average Bonchev–Trinajstić information content (AvgIpc) is 3.41. The van der Waals surface area contributed by atoms with E-state index in [1.54, 1.807) is 34.4 Å². The first-order valence-corrected chi connectivity index (χ1v) is 10.3. The fourth-order valence-electron chi connectivity index (χ4n) is 3.39. The number of hydrogen-bond donors (Lipinski definition) is 1. The van der Waals surface area contributed by atoms with Crippen molar-refractivity contribution in [2.75, 3.05) is 18.4 Å². The Morgan fingerprint density at radius 3 is 2.90 bits per heavy atom. The number of likely N-dealkylation sites (tertiary alicyclic amines) is 1. The molecule has 1 amide bonds. The van der Waals surface area contributed by atoms with E-state index >= 15 is 0 Å². The van der Waals surface area contributed by atoms with E-state index in [0.717, 1.165) is 40.9 Å². The molecule has 1 saturated heterocycles. The van der Waals surface area contributed by atoms with Gasteiger partial charge in [0.1, 0.15) is 11.6 Å². The molecule has 0 radical (unpaired) electrons. The van der Waals surface area contributed by atoms with Gasteiger partial charge in [-0.25, -0.2) is 15.0 Å². The summed E-state index contributed by atoms with van der Waals surface area (Å²) < 4.78 is 1.71. The number of carbonyl (C=O) groups is 1. The van der Waals surface area contributed by atoms with E-state index in [-0.39, 0.29) is 11.8 Å². The van der Waals surface area contributed by atoms with E-state index < -0.39 is 0 Å². The molecule has 9 heteroatoms. The molecule has 1 atom stereocenters. The van der Waals surface area contributed by atoms with Crippen LogP contribution in [0.2, 0.25) is 0 Å². The summed E-state index contributed by atoms with van der Waals surface area (Å²) in [6, 6.07) is 1.97. The van der Waals surface area contributed by atoms with Crippen LogP contribution in [0.25, 0.3) is 6.08 Å². The topological polar surface area (TPSA) is 88.8 Å². The maximum Gasteiger partial charge on any atom is 0.246 e. The van der Waals surface area contributed by atoms with Gasteiger partial charge in [-0.3, -0.25) is 9.48 Å². The second-order valence-corrected chi connectivity index (χ2v) is 8.05. The van der Waals surface area contributed by atoms with Crippen molar-refractivity contribution >= 4 is 34.3 Å². The third kappa shape index (κ3) is 4.68. The summed E-state index contributed by atoms with van der Waals surface area (Å²) in [5.41, 5.74) is 2.85. The number of anilines is 2. The molecule has 4 rings (SSSR count). The highest BCUT2D eigenvalue weighted by molar-refractivity contribution is 7.13. The zero-order valence-electron chi connectivity index (χ0n) is 16.7.